The van der Waals surface area contributed by atoms with Crippen molar-refractivity contribution < 1.29 is 14.6 Å². The number of hydrogen-bond donors (Lipinski definition) is 2. The van der Waals surface area contributed by atoms with Crippen LogP contribution in [-0.2, 0) is 21.7 Å². The van der Waals surface area contributed by atoms with E-state index in [-0.39, 0.29) is 24.1 Å². The molecule has 4 rings (SSSR count). The molecule has 0 aliphatic carbocycles. The Kier molecular flexibility index (Phi) is 8.15. The Hall–Kier alpha value is -2.41. The van der Waals surface area contributed by atoms with Crippen LogP contribution in [-0.4, -0.2) is 41.5 Å². The number of phenolic OH excluding ortho intramolecular Hbond substituents is 1. The Morgan fingerprint density at radius 3 is 2.09 bits per heavy atom. The zero-order valence-electron chi connectivity index (χ0n) is 20.5. The highest BCUT2D eigenvalue weighted by molar-refractivity contribution is 6.32. The van der Waals surface area contributed by atoms with Crippen molar-refractivity contribution >= 4 is 11.6 Å². The molecule has 1 saturated heterocycles. The quantitative estimate of drug-likeness (QED) is 0.335. The van der Waals surface area contributed by atoms with Crippen LogP contribution in [0.25, 0.3) is 0 Å². The predicted molar refractivity (Wildman–Crippen MR) is 140 cm³/mol. The number of likely N-dealkylation sites (tertiary alicyclic amines) is 1. The Labute approximate surface area is 213 Å². The van der Waals surface area contributed by atoms with Gasteiger partial charge in [-0.2, -0.15) is 0 Å². The normalized spacial score (nSPS) is 15.2. The molecule has 3 aromatic carbocycles. The van der Waals surface area contributed by atoms with Crippen molar-refractivity contribution in [3.8, 4) is 5.75 Å². The Balaban J connectivity index is 1.42. The lowest BCUT2D eigenvalue weighted by Gasteiger charge is -2.50. The lowest BCUT2D eigenvalue weighted by atomic mass is 9.78. The van der Waals surface area contributed by atoms with Gasteiger partial charge in [-0.1, -0.05) is 84.4 Å². The molecule has 0 atom stereocenters. The monoisotopic (exact) mass is 494 g/mol. The fourth-order valence-electron chi connectivity index (χ4n) is 4.81. The predicted octanol–water partition coefficient (Wildman–Crippen LogP) is 5.68. The summed E-state index contributed by atoms with van der Waals surface area (Å²) in [5.41, 5.74) is 8.34. The molecule has 6 heteroatoms. The third-order valence-corrected chi connectivity index (χ3v) is 7.57. The molecule has 35 heavy (non-hydrogen) atoms. The van der Waals surface area contributed by atoms with Gasteiger partial charge in [-0.15, -0.1) is 0 Å². The molecule has 1 heterocycles. The number of phenols is 1. The van der Waals surface area contributed by atoms with E-state index in [1.165, 1.54) is 0 Å². The summed E-state index contributed by atoms with van der Waals surface area (Å²) in [7, 11) is 0. The number of hydrogen-bond acceptors (Lipinski definition) is 5. The zero-order valence-corrected chi connectivity index (χ0v) is 21.2. The van der Waals surface area contributed by atoms with Gasteiger partial charge in [-0.25, -0.2) is 0 Å². The Morgan fingerprint density at radius 1 is 0.914 bits per heavy atom. The molecule has 0 radical (unpaired) electrons. The molecule has 0 saturated carbocycles. The fourth-order valence-corrected chi connectivity index (χ4v) is 4.99. The van der Waals surface area contributed by atoms with Crippen LogP contribution in [0.3, 0.4) is 0 Å². The van der Waals surface area contributed by atoms with E-state index in [1.54, 1.807) is 12.1 Å². The lowest BCUT2D eigenvalue weighted by molar-refractivity contribution is -0.107. The van der Waals surface area contributed by atoms with Crippen LogP contribution in [0.5, 0.6) is 5.75 Å². The lowest BCUT2D eigenvalue weighted by Crippen LogP contribution is -2.61. The van der Waals surface area contributed by atoms with Crippen LogP contribution in [0.1, 0.15) is 43.4 Å². The summed E-state index contributed by atoms with van der Waals surface area (Å²) in [5, 5.41) is 10.2. The standard InChI is InChI=1S/C29H35ClN2O3/c1-28(2,32-18-25(19-32)34-20-22-10-9-15-26(33)27(22)30)16-17-29(35-21-31,23-11-5-3-6-12-23)24-13-7-4-8-14-24/h3-15,25,33H,16-21,31H2,1-2H3. The second-order valence-corrected chi connectivity index (χ2v) is 10.1. The molecule has 0 spiro atoms. The van der Waals surface area contributed by atoms with E-state index in [9.17, 15) is 5.11 Å². The molecule has 0 amide bonds. The summed E-state index contributed by atoms with van der Waals surface area (Å²) < 4.78 is 12.4. The van der Waals surface area contributed by atoms with Gasteiger partial charge in [-0.05, 0) is 43.9 Å². The van der Waals surface area contributed by atoms with Crippen molar-refractivity contribution in [3.05, 3.63) is 101 Å². The highest BCUT2D eigenvalue weighted by Crippen LogP contribution is 2.41. The van der Waals surface area contributed by atoms with Gasteiger partial charge in [0.25, 0.3) is 0 Å². The highest BCUT2D eigenvalue weighted by atomic mass is 35.5. The second-order valence-electron chi connectivity index (χ2n) is 9.77. The smallest absolute Gasteiger partial charge is 0.134 e. The van der Waals surface area contributed by atoms with E-state index in [2.05, 4.69) is 43.0 Å². The summed E-state index contributed by atoms with van der Waals surface area (Å²) in [5.74, 6) is 0.0872. The molecule has 0 aromatic heterocycles. The number of nitrogens with two attached hydrogens (primary N) is 1. The Morgan fingerprint density at radius 2 is 1.51 bits per heavy atom. The topological polar surface area (TPSA) is 68.0 Å². The number of aromatic hydroxyl groups is 1. The number of halogens is 1. The van der Waals surface area contributed by atoms with Crippen LogP contribution >= 0.6 is 11.6 Å². The van der Waals surface area contributed by atoms with Crippen molar-refractivity contribution in [2.45, 2.75) is 50.5 Å². The molecule has 186 valence electrons. The van der Waals surface area contributed by atoms with Gasteiger partial charge in [-0.3, -0.25) is 4.90 Å². The molecule has 1 aliphatic rings. The third-order valence-electron chi connectivity index (χ3n) is 7.14. The van der Waals surface area contributed by atoms with E-state index in [4.69, 9.17) is 26.8 Å². The van der Waals surface area contributed by atoms with E-state index in [0.717, 1.165) is 42.6 Å². The first-order chi connectivity index (χ1) is 16.9. The van der Waals surface area contributed by atoms with E-state index in [1.807, 2.05) is 42.5 Å². The molecule has 1 aliphatic heterocycles. The van der Waals surface area contributed by atoms with Crippen molar-refractivity contribution in [3.63, 3.8) is 0 Å². The minimum absolute atomic E-state index is 0.0463. The maximum atomic E-state index is 9.80. The van der Waals surface area contributed by atoms with Gasteiger partial charge in [0.2, 0.25) is 0 Å². The molecule has 5 nitrogen and oxygen atoms in total. The first kappa shape index (κ1) is 25.7. The van der Waals surface area contributed by atoms with Crippen LogP contribution in [0.4, 0.5) is 0 Å². The van der Waals surface area contributed by atoms with Crippen LogP contribution in [0, 0.1) is 0 Å². The number of rotatable bonds is 11. The SMILES string of the molecule is CC(C)(CCC(OCN)(c1ccccc1)c1ccccc1)N1CC(OCc2cccc(O)c2Cl)C1. The Bertz CT molecular complexity index is 1050. The molecule has 0 bridgehead atoms. The zero-order chi connectivity index (χ0) is 24.9. The first-order valence-corrected chi connectivity index (χ1v) is 12.5. The maximum absolute atomic E-state index is 9.80. The van der Waals surface area contributed by atoms with Gasteiger partial charge in [0.15, 0.2) is 0 Å². The van der Waals surface area contributed by atoms with Crippen molar-refractivity contribution in [2.75, 3.05) is 19.8 Å². The number of benzene rings is 3. The van der Waals surface area contributed by atoms with Gasteiger partial charge in [0.05, 0.1) is 24.5 Å². The van der Waals surface area contributed by atoms with Gasteiger partial charge < -0.3 is 20.3 Å². The van der Waals surface area contributed by atoms with Crippen LogP contribution in [0.2, 0.25) is 5.02 Å². The largest absolute Gasteiger partial charge is 0.506 e. The fraction of sp³-hybridized carbons (Fsp3) is 0.379. The molecular weight excluding hydrogens is 460 g/mol. The first-order valence-electron chi connectivity index (χ1n) is 12.1. The minimum atomic E-state index is -0.610. The molecular formula is C29H35ClN2O3. The van der Waals surface area contributed by atoms with E-state index < -0.39 is 5.60 Å². The minimum Gasteiger partial charge on any atom is -0.506 e. The van der Waals surface area contributed by atoms with Gasteiger partial charge >= 0.3 is 0 Å². The average molecular weight is 495 g/mol. The summed E-state index contributed by atoms with van der Waals surface area (Å²) in [6.07, 6.45) is 1.86. The molecule has 0 unspecified atom stereocenters. The van der Waals surface area contributed by atoms with Crippen LogP contribution < -0.4 is 5.73 Å². The molecule has 1 fully saturated rings. The summed E-state index contributed by atoms with van der Waals surface area (Å²) in [6, 6.07) is 26.0. The van der Waals surface area contributed by atoms with Crippen molar-refractivity contribution in [1.29, 1.82) is 0 Å². The van der Waals surface area contributed by atoms with Crippen LogP contribution in [0.15, 0.2) is 78.9 Å². The van der Waals surface area contributed by atoms with Gasteiger partial charge in [0.1, 0.15) is 11.4 Å². The maximum Gasteiger partial charge on any atom is 0.134 e. The molecule has 3 aromatic rings. The van der Waals surface area contributed by atoms with E-state index >= 15 is 0 Å². The third kappa shape index (κ3) is 5.71. The van der Waals surface area contributed by atoms with E-state index in [0.29, 0.717) is 11.6 Å². The molecule has 3 N–H and O–H groups in total. The summed E-state index contributed by atoms with van der Waals surface area (Å²) >= 11 is 6.19. The average Bonchev–Trinajstić information content (AvgIpc) is 2.84. The van der Waals surface area contributed by atoms with Gasteiger partial charge in [0, 0.05) is 24.2 Å². The summed E-state index contributed by atoms with van der Waals surface area (Å²) in [4.78, 5) is 2.45. The summed E-state index contributed by atoms with van der Waals surface area (Å²) in [6.45, 7) is 6.79. The van der Waals surface area contributed by atoms with Crippen molar-refractivity contribution in [2.24, 2.45) is 5.73 Å². The van der Waals surface area contributed by atoms with Crippen molar-refractivity contribution in [1.82, 2.24) is 4.90 Å². The highest BCUT2D eigenvalue weighted by Gasteiger charge is 2.42. The second kappa shape index (κ2) is 11.1. The number of nitrogens with zero attached hydrogens (tertiary/aromatic N) is 1. The number of ether oxygens (including phenoxy) is 2.